The molecule has 0 aliphatic heterocycles. The van der Waals surface area contributed by atoms with Gasteiger partial charge in [0.05, 0.1) is 18.8 Å². The SMILES string of the molecule is Cc1c(OCCCCOc2cccc(C(=O)O)c2)ccc(C(=O)CC2CCCC2)c1C. The van der Waals surface area contributed by atoms with Crippen LogP contribution < -0.4 is 9.47 Å². The van der Waals surface area contributed by atoms with Crippen molar-refractivity contribution in [3.05, 3.63) is 58.7 Å². The van der Waals surface area contributed by atoms with Crippen LogP contribution in [0.5, 0.6) is 11.5 Å². The number of carboxylic acid groups (broad SMARTS) is 1. The number of carboxylic acids is 1. The minimum atomic E-state index is -0.962. The third kappa shape index (κ3) is 6.33. The number of ether oxygens (including phenoxy) is 2. The standard InChI is InChI=1S/C26H32O5/c1-18-19(2)25(13-12-23(18)24(27)16-20-8-3-4-9-20)31-15-6-5-14-30-22-11-7-10-21(17-22)26(28)29/h7,10-13,17,20H,3-6,8-9,14-16H2,1-2H3,(H,28,29). The summed E-state index contributed by atoms with van der Waals surface area (Å²) in [5.41, 5.74) is 3.09. The molecule has 1 aliphatic rings. The van der Waals surface area contributed by atoms with Crippen molar-refractivity contribution in [1.29, 1.82) is 0 Å². The number of aromatic carboxylic acids is 1. The van der Waals surface area contributed by atoms with Crippen LogP contribution in [-0.4, -0.2) is 30.1 Å². The molecule has 0 unspecified atom stereocenters. The fourth-order valence-electron chi connectivity index (χ4n) is 4.14. The Morgan fingerprint density at radius 3 is 2.39 bits per heavy atom. The monoisotopic (exact) mass is 424 g/mol. The molecule has 0 amide bonds. The van der Waals surface area contributed by atoms with Gasteiger partial charge in [0.2, 0.25) is 0 Å². The van der Waals surface area contributed by atoms with E-state index in [-0.39, 0.29) is 11.3 Å². The Bertz CT molecular complexity index is 912. The number of carbonyl (C=O) groups excluding carboxylic acids is 1. The Balaban J connectivity index is 1.43. The molecule has 0 spiro atoms. The molecule has 0 saturated heterocycles. The smallest absolute Gasteiger partial charge is 0.335 e. The largest absolute Gasteiger partial charge is 0.494 e. The van der Waals surface area contributed by atoms with Crippen molar-refractivity contribution in [2.24, 2.45) is 5.92 Å². The van der Waals surface area contributed by atoms with E-state index in [0.717, 1.165) is 35.3 Å². The van der Waals surface area contributed by atoms with Gasteiger partial charge in [-0.2, -0.15) is 0 Å². The van der Waals surface area contributed by atoms with E-state index in [1.54, 1.807) is 18.2 Å². The van der Waals surface area contributed by atoms with Crippen molar-refractivity contribution in [3.63, 3.8) is 0 Å². The van der Waals surface area contributed by atoms with Crippen molar-refractivity contribution < 1.29 is 24.2 Å². The van der Waals surface area contributed by atoms with Crippen molar-refractivity contribution in [2.75, 3.05) is 13.2 Å². The van der Waals surface area contributed by atoms with Crippen LogP contribution in [0.25, 0.3) is 0 Å². The average Bonchev–Trinajstić information content (AvgIpc) is 3.26. The molecule has 0 heterocycles. The van der Waals surface area contributed by atoms with Crippen LogP contribution >= 0.6 is 0 Å². The second-order valence-electron chi connectivity index (χ2n) is 8.38. The summed E-state index contributed by atoms with van der Waals surface area (Å²) in [5, 5.41) is 9.02. The summed E-state index contributed by atoms with van der Waals surface area (Å²) in [6, 6.07) is 10.3. The molecule has 0 aromatic heterocycles. The lowest BCUT2D eigenvalue weighted by atomic mass is 9.92. The first-order valence-corrected chi connectivity index (χ1v) is 11.2. The minimum absolute atomic E-state index is 0.219. The highest BCUT2D eigenvalue weighted by Crippen LogP contribution is 2.31. The lowest BCUT2D eigenvalue weighted by molar-refractivity contribution is 0.0696. The number of carbonyl (C=O) groups is 2. The summed E-state index contributed by atoms with van der Waals surface area (Å²) < 4.78 is 11.6. The maximum atomic E-state index is 12.7. The zero-order chi connectivity index (χ0) is 22.2. The van der Waals surface area contributed by atoms with Crippen molar-refractivity contribution >= 4 is 11.8 Å². The molecule has 1 aliphatic carbocycles. The van der Waals surface area contributed by atoms with Crippen LogP contribution in [0.2, 0.25) is 0 Å². The van der Waals surface area contributed by atoms with Gasteiger partial charge in [0.15, 0.2) is 5.78 Å². The van der Waals surface area contributed by atoms with E-state index in [1.807, 2.05) is 26.0 Å². The van der Waals surface area contributed by atoms with Crippen LogP contribution in [0.3, 0.4) is 0 Å². The normalized spacial score (nSPS) is 13.9. The van der Waals surface area contributed by atoms with E-state index in [4.69, 9.17) is 14.6 Å². The van der Waals surface area contributed by atoms with Crippen LogP contribution in [0.1, 0.15) is 76.8 Å². The van der Waals surface area contributed by atoms with E-state index in [9.17, 15) is 9.59 Å². The average molecular weight is 425 g/mol. The molecule has 31 heavy (non-hydrogen) atoms. The molecular weight excluding hydrogens is 392 g/mol. The van der Waals surface area contributed by atoms with Crippen molar-refractivity contribution in [1.82, 2.24) is 0 Å². The summed E-state index contributed by atoms with van der Waals surface area (Å²) in [6.07, 6.45) is 7.15. The molecule has 1 N–H and O–H groups in total. The molecule has 3 rings (SSSR count). The fourth-order valence-corrected chi connectivity index (χ4v) is 4.14. The Hall–Kier alpha value is -2.82. The van der Waals surface area contributed by atoms with Crippen LogP contribution in [-0.2, 0) is 0 Å². The highest BCUT2D eigenvalue weighted by atomic mass is 16.5. The molecule has 0 atom stereocenters. The molecule has 1 fully saturated rings. The number of Topliss-reactive ketones (excluding diaryl/α,β-unsaturated/α-hetero) is 1. The van der Waals surface area contributed by atoms with Crippen LogP contribution in [0.4, 0.5) is 0 Å². The molecule has 5 nitrogen and oxygen atoms in total. The second kappa shape index (κ2) is 11.0. The van der Waals surface area contributed by atoms with Crippen LogP contribution in [0.15, 0.2) is 36.4 Å². The van der Waals surface area contributed by atoms with Crippen molar-refractivity contribution in [3.8, 4) is 11.5 Å². The third-order valence-corrected chi connectivity index (χ3v) is 6.13. The topological polar surface area (TPSA) is 72.8 Å². The zero-order valence-corrected chi connectivity index (χ0v) is 18.5. The maximum absolute atomic E-state index is 12.7. The molecule has 2 aromatic carbocycles. The molecule has 1 saturated carbocycles. The summed E-state index contributed by atoms with van der Waals surface area (Å²) in [6.45, 7) is 5.08. The van der Waals surface area contributed by atoms with E-state index in [0.29, 0.717) is 31.3 Å². The quantitative estimate of drug-likeness (QED) is 0.354. The molecule has 2 aromatic rings. The van der Waals surface area contributed by atoms with Gasteiger partial charge in [0.1, 0.15) is 11.5 Å². The van der Waals surface area contributed by atoms with Gasteiger partial charge in [-0.15, -0.1) is 0 Å². The van der Waals surface area contributed by atoms with Gasteiger partial charge < -0.3 is 14.6 Å². The predicted octanol–water partition coefficient (Wildman–Crippen LogP) is 6.00. The predicted molar refractivity (Wildman–Crippen MR) is 120 cm³/mol. The van der Waals surface area contributed by atoms with Gasteiger partial charge in [0, 0.05) is 12.0 Å². The summed E-state index contributed by atoms with van der Waals surface area (Å²) in [5.74, 6) is 1.23. The Morgan fingerprint density at radius 2 is 1.68 bits per heavy atom. The number of rotatable bonds is 11. The maximum Gasteiger partial charge on any atom is 0.335 e. The molecule has 0 radical (unpaired) electrons. The van der Waals surface area contributed by atoms with Crippen LogP contribution in [0, 0.1) is 19.8 Å². The summed E-state index contributed by atoms with van der Waals surface area (Å²) in [4.78, 5) is 23.7. The Kier molecular flexibility index (Phi) is 8.10. The van der Waals surface area contributed by atoms with E-state index in [1.165, 1.54) is 31.7 Å². The van der Waals surface area contributed by atoms with Gasteiger partial charge in [-0.25, -0.2) is 4.79 Å². The van der Waals surface area contributed by atoms with Gasteiger partial charge in [0.25, 0.3) is 0 Å². The minimum Gasteiger partial charge on any atom is -0.494 e. The molecule has 5 heteroatoms. The third-order valence-electron chi connectivity index (χ3n) is 6.13. The molecule has 166 valence electrons. The number of ketones is 1. The lowest BCUT2D eigenvalue weighted by Crippen LogP contribution is -2.09. The summed E-state index contributed by atoms with van der Waals surface area (Å²) >= 11 is 0. The fraction of sp³-hybridized carbons (Fsp3) is 0.462. The zero-order valence-electron chi connectivity index (χ0n) is 18.5. The van der Waals surface area contributed by atoms with Crippen molar-refractivity contribution in [2.45, 2.75) is 58.8 Å². The highest BCUT2D eigenvalue weighted by Gasteiger charge is 2.21. The first kappa shape index (κ1) is 22.9. The Morgan fingerprint density at radius 1 is 0.968 bits per heavy atom. The van der Waals surface area contributed by atoms with E-state index >= 15 is 0 Å². The number of hydrogen-bond acceptors (Lipinski definition) is 4. The van der Waals surface area contributed by atoms with Gasteiger partial charge in [-0.1, -0.05) is 31.7 Å². The number of benzene rings is 2. The first-order valence-electron chi connectivity index (χ1n) is 11.2. The summed E-state index contributed by atoms with van der Waals surface area (Å²) in [7, 11) is 0. The van der Waals surface area contributed by atoms with Gasteiger partial charge >= 0.3 is 5.97 Å². The second-order valence-corrected chi connectivity index (χ2v) is 8.38. The first-order chi connectivity index (χ1) is 15.0. The molecule has 0 bridgehead atoms. The van der Waals surface area contributed by atoms with Gasteiger partial charge in [-0.05, 0) is 74.1 Å². The number of hydrogen-bond donors (Lipinski definition) is 1. The van der Waals surface area contributed by atoms with E-state index < -0.39 is 5.97 Å². The Labute approximate surface area is 184 Å². The number of unbranched alkanes of at least 4 members (excludes halogenated alkanes) is 1. The van der Waals surface area contributed by atoms with Gasteiger partial charge in [-0.3, -0.25) is 4.79 Å². The molecular formula is C26H32O5. The van der Waals surface area contributed by atoms with E-state index in [2.05, 4.69) is 0 Å². The highest BCUT2D eigenvalue weighted by molar-refractivity contribution is 5.98. The lowest BCUT2D eigenvalue weighted by Gasteiger charge is -2.15.